The topological polar surface area (TPSA) is 46.6 Å². The van der Waals surface area contributed by atoms with Crippen molar-refractivity contribution in [2.45, 2.75) is 32.8 Å². The van der Waals surface area contributed by atoms with Crippen molar-refractivity contribution in [3.8, 4) is 5.75 Å². The Morgan fingerprint density at radius 1 is 1.33 bits per heavy atom. The molecule has 0 bridgehead atoms. The van der Waals surface area contributed by atoms with Crippen molar-refractivity contribution in [1.82, 2.24) is 0 Å². The number of nitrogens with zero attached hydrogens (tertiary/aromatic N) is 1. The number of aryl methyl sites for hydroxylation is 1. The van der Waals surface area contributed by atoms with E-state index in [1.807, 2.05) is 19.9 Å². The fourth-order valence-corrected chi connectivity index (χ4v) is 2.13. The number of hydrogen-bond donors (Lipinski definition) is 0. The summed E-state index contributed by atoms with van der Waals surface area (Å²) < 4.78 is 5.63. The number of carbonyl (C=O) groups is 2. The Kier molecular flexibility index (Phi) is 3.36. The minimum atomic E-state index is 0.0182. The molecule has 0 spiro atoms. The molecule has 4 heteroatoms. The summed E-state index contributed by atoms with van der Waals surface area (Å²) in [6, 6.07) is 3.61. The van der Waals surface area contributed by atoms with Gasteiger partial charge in [-0.25, -0.2) is 0 Å². The Labute approximate surface area is 107 Å². The molecule has 0 radical (unpaired) electrons. The van der Waals surface area contributed by atoms with E-state index in [2.05, 4.69) is 0 Å². The van der Waals surface area contributed by atoms with Crippen LogP contribution < -0.4 is 9.64 Å². The maximum Gasteiger partial charge on any atom is 0.227 e. The second kappa shape index (κ2) is 4.80. The summed E-state index contributed by atoms with van der Waals surface area (Å²) in [5, 5.41) is 0. The van der Waals surface area contributed by atoms with Crippen LogP contribution in [0.15, 0.2) is 12.1 Å². The van der Waals surface area contributed by atoms with E-state index < -0.39 is 0 Å². The van der Waals surface area contributed by atoms with E-state index in [1.165, 1.54) is 0 Å². The number of hydrogen-bond acceptors (Lipinski definition) is 3. The Balaban J connectivity index is 2.47. The molecule has 96 valence electrons. The summed E-state index contributed by atoms with van der Waals surface area (Å²) in [4.78, 5) is 24.3. The molecule has 0 N–H and O–H groups in total. The monoisotopic (exact) mass is 247 g/mol. The number of aldehydes is 1. The van der Waals surface area contributed by atoms with E-state index in [0.717, 1.165) is 17.5 Å². The first kappa shape index (κ1) is 12.6. The van der Waals surface area contributed by atoms with Crippen molar-refractivity contribution >= 4 is 17.9 Å². The fourth-order valence-electron chi connectivity index (χ4n) is 2.13. The van der Waals surface area contributed by atoms with Crippen molar-refractivity contribution in [2.75, 3.05) is 11.9 Å². The molecule has 0 aliphatic carbocycles. The first-order valence-electron chi connectivity index (χ1n) is 6.08. The highest BCUT2D eigenvalue weighted by molar-refractivity contribution is 5.97. The van der Waals surface area contributed by atoms with Crippen molar-refractivity contribution in [3.05, 3.63) is 23.3 Å². The summed E-state index contributed by atoms with van der Waals surface area (Å²) in [6.07, 6.45) is 1.99. The lowest BCUT2D eigenvalue weighted by atomic mass is 9.99. The molecule has 0 saturated carbocycles. The Morgan fingerprint density at radius 3 is 2.67 bits per heavy atom. The second-order valence-electron chi connectivity index (χ2n) is 4.76. The Bertz CT molecular complexity index is 494. The van der Waals surface area contributed by atoms with Crippen molar-refractivity contribution in [2.24, 2.45) is 0 Å². The third-order valence-electron chi connectivity index (χ3n) is 3.04. The van der Waals surface area contributed by atoms with E-state index in [-0.39, 0.29) is 12.0 Å². The first-order chi connectivity index (χ1) is 8.52. The highest BCUT2D eigenvalue weighted by atomic mass is 16.5. The van der Waals surface area contributed by atoms with Gasteiger partial charge in [-0.3, -0.25) is 9.59 Å². The van der Waals surface area contributed by atoms with Crippen LogP contribution in [0.1, 0.15) is 36.2 Å². The zero-order valence-corrected chi connectivity index (χ0v) is 10.9. The second-order valence-corrected chi connectivity index (χ2v) is 4.76. The van der Waals surface area contributed by atoms with Gasteiger partial charge in [-0.15, -0.1) is 0 Å². The Hall–Kier alpha value is -1.84. The van der Waals surface area contributed by atoms with Crippen LogP contribution in [-0.2, 0) is 11.2 Å². The van der Waals surface area contributed by atoms with Crippen LogP contribution in [0.5, 0.6) is 5.75 Å². The molecule has 1 amide bonds. The van der Waals surface area contributed by atoms with Gasteiger partial charge in [0.15, 0.2) is 6.29 Å². The minimum Gasteiger partial charge on any atom is -0.490 e. The van der Waals surface area contributed by atoms with Gasteiger partial charge in [0.1, 0.15) is 5.75 Å². The van der Waals surface area contributed by atoms with Gasteiger partial charge in [0.25, 0.3) is 0 Å². The number of ether oxygens (including phenoxy) is 1. The summed E-state index contributed by atoms with van der Waals surface area (Å²) in [6.45, 7) is 3.84. The lowest BCUT2D eigenvalue weighted by molar-refractivity contribution is -0.118. The zero-order valence-electron chi connectivity index (χ0n) is 10.9. The van der Waals surface area contributed by atoms with Gasteiger partial charge in [-0.1, -0.05) is 0 Å². The van der Waals surface area contributed by atoms with Gasteiger partial charge in [-0.2, -0.15) is 0 Å². The van der Waals surface area contributed by atoms with Crippen LogP contribution >= 0.6 is 0 Å². The number of carbonyl (C=O) groups excluding carboxylic acids is 2. The van der Waals surface area contributed by atoms with Gasteiger partial charge < -0.3 is 9.64 Å². The molecule has 0 unspecified atom stereocenters. The first-order valence-corrected chi connectivity index (χ1v) is 6.08. The zero-order chi connectivity index (χ0) is 13.3. The third-order valence-corrected chi connectivity index (χ3v) is 3.04. The average molecular weight is 247 g/mol. The van der Waals surface area contributed by atoms with Crippen molar-refractivity contribution < 1.29 is 14.3 Å². The largest absolute Gasteiger partial charge is 0.490 e. The van der Waals surface area contributed by atoms with Gasteiger partial charge in [-0.05, 0) is 38.0 Å². The number of fused-ring (bicyclic) bond motifs is 1. The Morgan fingerprint density at radius 2 is 2.06 bits per heavy atom. The molecule has 0 aromatic heterocycles. The number of amides is 1. The standard InChI is InChI=1S/C14H17NO3/c1-9(2)18-13-7-10-4-5-14(17)15(3)12(10)6-11(13)8-16/h6-9H,4-5H2,1-3H3. The fraction of sp³-hybridized carbons (Fsp3) is 0.429. The lowest BCUT2D eigenvalue weighted by Gasteiger charge is -2.27. The molecule has 1 heterocycles. The van der Waals surface area contributed by atoms with E-state index in [1.54, 1.807) is 18.0 Å². The molecule has 1 aromatic carbocycles. The van der Waals surface area contributed by atoms with E-state index >= 15 is 0 Å². The molecule has 1 aliphatic rings. The van der Waals surface area contributed by atoms with Crippen LogP contribution in [0.3, 0.4) is 0 Å². The van der Waals surface area contributed by atoms with Crippen LogP contribution in [0.4, 0.5) is 5.69 Å². The van der Waals surface area contributed by atoms with Crippen LogP contribution in [0.2, 0.25) is 0 Å². The summed E-state index contributed by atoms with van der Waals surface area (Å²) in [7, 11) is 1.73. The SMILES string of the molecule is CC(C)Oc1cc2c(cc1C=O)N(C)C(=O)CC2. The molecule has 4 nitrogen and oxygen atoms in total. The molecule has 0 saturated heterocycles. The maximum absolute atomic E-state index is 11.6. The lowest BCUT2D eigenvalue weighted by Crippen LogP contribution is -2.31. The molecular weight excluding hydrogens is 230 g/mol. The summed E-state index contributed by atoms with van der Waals surface area (Å²) in [5.74, 6) is 0.679. The highest BCUT2D eigenvalue weighted by Crippen LogP contribution is 2.33. The van der Waals surface area contributed by atoms with Crippen LogP contribution in [-0.4, -0.2) is 25.3 Å². The quantitative estimate of drug-likeness (QED) is 0.769. The average Bonchev–Trinajstić information content (AvgIpc) is 2.33. The molecule has 18 heavy (non-hydrogen) atoms. The number of rotatable bonds is 3. The van der Waals surface area contributed by atoms with E-state index in [4.69, 9.17) is 4.74 Å². The number of anilines is 1. The van der Waals surface area contributed by atoms with E-state index in [9.17, 15) is 9.59 Å². The predicted molar refractivity (Wildman–Crippen MR) is 69.3 cm³/mol. The molecular formula is C14H17NO3. The molecule has 0 fully saturated rings. The molecule has 1 aromatic rings. The molecule has 2 rings (SSSR count). The van der Waals surface area contributed by atoms with Gasteiger partial charge in [0.2, 0.25) is 5.91 Å². The van der Waals surface area contributed by atoms with Crippen LogP contribution in [0.25, 0.3) is 0 Å². The molecule has 0 atom stereocenters. The normalized spacial score (nSPS) is 14.7. The number of benzene rings is 1. The molecule has 1 aliphatic heterocycles. The van der Waals surface area contributed by atoms with E-state index in [0.29, 0.717) is 24.2 Å². The maximum atomic E-state index is 11.6. The van der Waals surface area contributed by atoms with Gasteiger partial charge in [0, 0.05) is 19.2 Å². The minimum absolute atomic E-state index is 0.0182. The third kappa shape index (κ3) is 2.23. The van der Waals surface area contributed by atoms with Crippen molar-refractivity contribution in [3.63, 3.8) is 0 Å². The van der Waals surface area contributed by atoms with Gasteiger partial charge in [0.05, 0.1) is 11.7 Å². The predicted octanol–water partition coefficient (Wildman–Crippen LogP) is 2.20. The highest BCUT2D eigenvalue weighted by Gasteiger charge is 2.23. The van der Waals surface area contributed by atoms with Gasteiger partial charge >= 0.3 is 0 Å². The summed E-state index contributed by atoms with van der Waals surface area (Å²) >= 11 is 0. The summed E-state index contributed by atoms with van der Waals surface area (Å²) in [5.41, 5.74) is 2.35. The van der Waals surface area contributed by atoms with Crippen molar-refractivity contribution in [1.29, 1.82) is 0 Å². The van der Waals surface area contributed by atoms with Crippen LogP contribution in [0, 0.1) is 0 Å². The smallest absolute Gasteiger partial charge is 0.227 e.